The molecule has 0 saturated heterocycles. The van der Waals surface area contributed by atoms with Gasteiger partial charge >= 0.3 is 0 Å². The Morgan fingerprint density at radius 2 is 1.78 bits per heavy atom. The van der Waals surface area contributed by atoms with Crippen molar-refractivity contribution in [2.75, 3.05) is 31.5 Å². The van der Waals surface area contributed by atoms with Gasteiger partial charge in [0.1, 0.15) is 17.2 Å². The van der Waals surface area contributed by atoms with Crippen molar-refractivity contribution < 1.29 is 14.2 Å². The number of hydrogen-bond donors (Lipinski definition) is 2. The molecule has 0 fully saturated rings. The van der Waals surface area contributed by atoms with E-state index in [1.807, 2.05) is 37.3 Å². The zero-order chi connectivity index (χ0) is 19.1. The molecule has 0 unspecified atom stereocenters. The van der Waals surface area contributed by atoms with Crippen LogP contribution in [-0.4, -0.2) is 36.0 Å². The average molecular weight is 367 g/mol. The van der Waals surface area contributed by atoms with Crippen molar-refractivity contribution in [3.05, 3.63) is 48.7 Å². The first-order chi connectivity index (χ1) is 13.2. The molecule has 1 heterocycles. The maximum atomic E-state index is 5.62. The van der Waals surface area contributed by atoms with Crippen molar-refractivity contribution in [1.29, 1.82) is 0 Å². The molecule has 27 heavy (non-hydrogen) atoms. The predicted octanol–water partition coefficient (Wildman–Crippen LogP) is 3.77. The van der Waals surface area contributed by atoms with Gasteiger partial charge in [-0.2, -0.15) is 10.1 Å². The molecule has 3 aromatic rings. The Hall–Kier alpha value is -3.55. The molecular formula is C19H21N5O3. The molecule has 0 aliphatic carbocycles. The fourth-order valence-corrected chi connectivity index (χ4v) is 2.44. The number of aromatic nitrogens is 3. The Bertz CT molecular complexity index is 904. The molecule has 3 rings (SSSR count). The van der Waals surface area contributed by atoms with E-state index in [0.717, 1.165) is 11.4 Å². The van der Waals surface area contributed by atoms with Crippen LogP contribution in [0.4, 0.5) is 23.1 Å². The van der Waals surface area contributed by atoms with Gasteiger partial charge < -0.3 is 24.8 Å². The number of anilines is 4. The summed E-state index contributed by atoms with van der Waals surface area (Å²) >= 11 is 0. The van der Waals surface area contributed by atoms with Crippen LogP contribution in [0, 0.1) is 0 Å². The highest BCUT2D eigenvalue weighted by Crippen LogP contribution is 2.31. The van der Waals surface area contributed by atoms with Crippen LogP contribution in [0.5, 0.6) is 17.2 Å². The fraction of sp³-hybridized carbons (Fsp3) is 0.211. The molecule has 1 aromatic heterocycles. The van der Waals surface area contributed by atoms with Crippen LogP contribution in [-0.2, 0) is 0 Å². The molecule has 140 valence electrons. The summed E-state index contributed by atoms with van der Waals surface area (Å²) in [7, 11) is 3.19. The first-order valence-corrected chi connectivity index (χ1v) is 8.41. The highest BCUT2D eigenvalue weighted by atomic mass is 16.5. The van der Waals surface area contributed by atoms with E-state index in [0.29, 0.717) is 35.6 Å². The number of hydrogen-bond acceptors (Lipinski definition) is 8. The zero-order valence-corrected chi connectivity index (χ0v) is 15.4. The van der Waals surface area contributed by atoms with E-state index in [9.17, 15) is 0 Å². The molecule has 0 radical (unpaired) electrons. The maximum absolute atomic E-state index is 5.62. The van der Waals surface area contributed by atoms with Gasteiger partial charge in [0.15, 0.2) is 5.82 Å². The lowest BCUT2D eigenvalue weighted by Gasteiger charge is -2.13. The Labute approximate surface area is 157 Å². The van der Waals surface area contributed by atoms with Crippen molar-refractivity contribution in [2.45, 2.75) is 6.92 Å². The Morgan fingerprint density at radius 1 is 0.926 bits per heavy atom. The summed E-state index contributed by atoms with van der Waals surface area (Å²) in [5.41, 5.74) is 1.47. The van der Waals surface area contributed by atoms with Crippen LogP contribution >= 0.6 is 0 Å². The van der Waals surface area contributed by atoms with E-state index in [-0.39, 0.29) is 0 Å². The maximum Gasteiger partial charge on any atom is 0.249 e. The molecule has 0 aliphatic heterocycles. The Morgan fingerprint density at radius 3 is 2.56 bits per heavy atom. The van der Waals surface area contributed by atoms with E-state index < -0.39 is 0 Å². The van der Waals surface area contributed by atoms with Crippen molar-refractivity contribution in [2.24, 2.45) is 0 Å². The molecule has 2 aromatic carbocycles. The summed E-state index contributed by atoms with van der Waals surface area (Å²) in [5.74, 6) is 2.91. The minimum atomic E-state index is 0.320. The second kappa shape index (κ2) is 8.70. The molecule has 0 bridgehead atoms. The number of para-hydroxylation sites is 2. The molecule has 2 N–H and O–H groups in total. The second-order valence-corrected chi connectivity index (χ2v) is 5.41. The zero-order valence-electron chi connectivity index (χ0n) is 15.4. The minimum absolute atomic E-state index is 0.320. The predicted molar refractivity (Wildman–Crippen MR) is 104 cm³/mol. The third kappa shape index (κ3) is 4.55. The van der Waals surface area contributed by atoms with Crippen LogP contribution in [0.2, 0.25) is 0 Å². The fourth-order valence-electron chi connectivity index (χ4n) is 2.44. The average Bonchev–Trinajstić information content (AvgIpc) is 2.70. The van der Waals surface area contributed by atoms with Crippen molar-refractivity contribution in [1.82, 2.24) is 15.2 Å². The van der Waals surface area contributed by atoms with Gasteiger partial charge in [-0.1, -0.05) is 12.1 Å². The van der Waals surface area contributed by atoms with Gasteiger partial charge in [0.2, 0.25) is 5.95 Å². The molecule has 8 nitrogen and oxygen atoms in total. The first kappa shape index (κ1) is 18.2. The second-order valence-electron chi connectivity index (χ2n) is 5.41. The quantitative estimate of drug-likeness (QED) is 0.622. The van der Waals surface area contributed by atoms with E-state index in [1.165, 1.54) is 6.20 Å². The van der Waals surface area contributed by atoms with Gasteiger partial charge in [0.25, 0.3) is 0 Å². The Kier molecular flexibility index (Phi) is 5.88. The summed E-state index contributed by atoms with van der Waals surface area (Å²) in [5, 5.41) is 14.3. The lowest BCUT2D eigenvalue weighted by Crippen LogP contribution is -2.04. The first-order valence-electron chi connectivity index (χ1n) is 8.41. The van der Waals surface area contributed by atoms with Gasteiger partial charge in [0, 0.05) is 6.07 Å². The number of rotatable bonds is 8. The van der Waals surface area contributed by atoms with E-state index in [1.54, 1.807) is 26.4 Å². The van der Waals surface area contributed by atoms with Gasteiger partial charge in [-0.25, -0.2) is 0 Å². The monoisotopic (exact) mass is 367 g/mol. The van der Waals surface area contributed by atoms with Crippen LogP contribution < -0.4 is 24.8 Å². The van der Waals surface area contributed by atoms with Crippen LogP contribution in [0.25, 0.3) is 0 Å². The summed E-state index contributed by atoms with van der Waals surface area (Å²) in [4.78, 5) is 4.45. The topological polar surface area (TPSA) is 90.4 Å². The molecule has 0 saturated carbocycles. The SMILES string of the molecule is CCOc1ccccc1Nc1cnnc(Nc2cc(OC)ccc2OC)n1. The number of nitrogens with one attached hydrogen (secondary N) is 2. The molecule has 0 aliphatic rings. The number of ether oxygens (including phenoxy) is 3. The molecule has 0 spiro atoms. The highest BCUT2D eigenvalue weighted by Gasteiger charge is 2.09. The largest absolute Gasteiger partial charge is 0.497 e. The number of nitrogens with zero attached hydrogens (tertiary/aromatic N) is 3. The molecular weight excluding hydrogens is 346 g/mol. The number of benzene rings is 2. The summed E-state index contributed by atoms with van der Waals surface area (Å²) in [6.45, 7) is 2.51. The van der Waals surface area contributed by atoms with Crippen LogP contribution in [0.3, 0.4) is 0 Å². The van der Waals surface area contributed by atoms with Gasteiger partial charge in [-0.05, 0) is 31.2 Å². The van der Waals surface area contributed by atoms with E-state index in [4.69, 9.17) is 14.2 Å². The summed E-state index contributed by atoms with van der Waals surface area (Å²) in [6.07, 6.45) is 1.54. The van der Waals surface area contributed by atoms with E-state index >= 15 is 0 Å². The van der Waals surface area contributed by atoms with Crippen molar-refractivity contribution >= 4 is 23.1 Å². The summed E-state index contributed by atoms with van der Waals surface area (Å²) < 4.78 is 16.2. The van der Waals surface area contributed by atoms with E-state index in [2.05, 4.69) is 25.8 Å². The van der Waals surface area contributed by atoms with Crippen molar-refractivity contribution in [3.63, 3.8) is 0 Å². The normalized spacial score (nSPS) is 10.2. The number of methoxy groups -OCH3 is 2. The smallest absolute Gasteiger partial charge is 0.249 e. The van der Waals surface area contributed by atoms with Crippen LogP contribution in [0.15, 0.2) is 48.7 Å². The van der Waals surface area contributed by atoms with Gasteiger partial charge in [0.05, 0.1) is 38.4 Å². The third-order valence-electron chi connectivity index (χ3n) is 3.66. The van der Waals surface area contributed by atoms with Crippen LogP contribution in [0.1, 0.15) is 6.92 Å². The van der Waals surface area contributed by atoms with Gasteiger partial charge in [-0.3, -0.25) is 0 Å². The lowest BCUT2D eigenvalue weighted by atomic mass is 10.2. The van der Waals surface area contributed by atoms with Crippen molar-refractivity contribution in [3.8, 4) is 17.2 Å². The molecule has 0 atom stereocenters. The summed E-state index contributed by atoms with van der Waals surface area (Å²) in [6, 6.07) is 13.0. The lowest BCUT2D eigenvalue weighted by molar-refractivity contribution is 0.342. The molecule has 0 amide bonds. The molecule has 8 heteroatoms. The minimum Gasteiger partial charge on any atom is -0.497 e. The standard InChI is InChI=1S/C19H21N5O3/c1-4-27-17-8-6-5-7-14(17)21-18-12-20-24-19(23-18)22-15-11-13(25-2)9-10-16(15)26-3/h5-12H,4H2,1-3H3,(H2,21,22,23,24). The third-order valence-corrected chi connectivity index (χ3v) is 3.66. The van der Waals surface area contributed by atoms with Gasteiger partial charge in [-0.15, -0.1) is 5.10 Å². The Balaban J connectivity index is 1.83. The highest BCUT2D eigenvalue weighted by molar-refractivity contribution is 5.67.